The fraction of sp³-hybridized carbons (Fsp3) is 0.500. The Bertz CT molecular complexity index is 1600. The first kappa shape index (κ1) is 35.6. The molecule has 270 valence electrons. The molecule has 0 aliphatic carbocycles. The highest BCUT2D eigenvalue weighted by molar-refractivity contribution is 7.63. The third-order valence-corrected chi connectivity index (χ3v) is 12.9. The number of rotatable bonds is 14. The van der Waals surface area contributed by atoms with Gasteiger partial charge in [0.1, 0.15) is 7.14 Å². The van der Waals surface area contributed by atoms with Crippen LogP contribution < -0.4 is 29.6 Å². The highest BCUT2D eigenvalue weighted by atomic mass is 31.2. The van der Waals surface area contributed by atoms with Gasteiger partial charge in [-0.3, -0.25) is 14.5 Å². The summed E-state index contributed by atoms with van der Waals surface area (Å²) in [6, 6.07) is 7.04. The quantitative estimate of drug-likeness (QED) is 0.195. The molecule has 2 aromatic carbocycles. The van der Waals surface area contributed by atoms with E-state index in [1.165, 1.54) is 14.2 Å². The van der Waals surface area contributed by atoms with E-state index in [2.05, 4.69) is 23.8 Å². The van der Waals surface area contributed by atoms with Gasteiger partial charge in [-0.15, -0.1) is 0 Å². The van der Waals surface area contributed by atoms with Crippen LogP contribution in [0.15, 0.2) is 48.6 Å². The number of hydrogen-bond donors (Lipinski definition) is 3. The maximum atomic E-state index is 14.4. The predicted molar refractivity (Wildman–Crippen MR) is 193 cm³/mol. The first-order valence-corrected chi connectivity index (χ1v) is 19.3. The largest absolute Gasteiger partial charge is 0.493 e. The zero-order valence-corrected chi connectivity index (χ0v) is 30.1. The van der Waals surface area contributed by atoms with Gasteiger partial charge < -0.3 is 49.1 Å². The second-order valence-corrected chi connectivity index (χ2v) is 16.9. The second kappa shape index (κ2) is 15.0. The van der Waals surface area contributed by atoms with Crippen LogP contribution in [0.5, 0.6) is 23.0 Å². The molecule has 2 atom stereocenters. The number of aliphatic hydroxyl groups is 1. The van der Waals surface area contributed by atoms with Crippen LogP contribution in [0, 0.1) is 0 Å². The molecule has 0 spiro atoms. The number of nitrogens with zero attached hydrogens (tertiary/aromatic N) is 3. The van der Waals surface area contributed by atoms with Crippen molar-refractivity contribution in [2.24, 2.45) is 0 Å². The number of hydrogen-bond acceptors (Lipinski definition) is 11. The molecule has 14 heteroatoms. The molecular formula is C36H48N5O8P. The van der Waals surface area contributed by atoms with Gasteiger partial charge in [-0.25, -0.2) is 0 Å². The lowest BCUT2D eigenvalue weighted by Gasteiger charge is -2.25. The minimum absolute atomic E-state index is 0.0462. The number of anilines is 2. The fourth-order valence-corrected chi connectivity index (χ4v) is 9.63. The van der Waals surface area contributed by atoms with Gasteiger partial charge >= 0.3 is 0 Å². The molecule has 2 fully saturated rings. The number of aliphatic hydroxyl groups excluding tert-OH is 1. The van der Waals surface area contributed by atoms with Crippen molar-refractivity contribution in [2.75, 3.05) is 103 Å². The molecule has 2 amide bonds. The molecule has 0 radical (unpaired) electrons. The Balaban J connectivity index is 1.13. The number of benzene rings is 2. The van der Waals surface area contributed by atoms with E-state index in [0.29, 0.717) is 78.2 Å². The van der Waals surface area contributed by atoms with E-state index in [0.717, 1.165) is 24.0 Å². The molecule has 4 aliphatic rings. The number of carbonyl (C=O) groups is 2. The minimum atomic E-state index is -2.93. The molecule has 0 aromatic heterocycles. The Morgan fingerprint density at radius 2 is 1.28 bits per heavy atom. The van der Waals surface area contributed by atoms with E-state index in [-0.39, 0.29) is 62.3 Å². The molecule has 4 aliphatic heterocycles. The summed E-state index contributed by atoms with van der Waals surface area (Å²) >= 11 is 0. The van der Waals surface area contributed by atoms with Crippen molar-refractivity contribution in [3.05, 3.63) is 59.7 Å². The van der Waals surface area contributed by atoms with Crippen LogP contribution in [0.2, 0.25) is 0 Å². The van der Waals surface area contributed by atoms with Crippen LogP contribution >= 0.6 is 7.14 Å². The number of ether oxygens (including phenoxy) is 4. The van der Waals surface area contributed by atoms with Crippen molar-refractivity contribution < 1.29 is 38.2 Å². The van der Waals surface area contributed by atoms with Crippen molar-refractivity contribution in [2.45, 2.75) is 24.9 Å². The van der Waals surface area contributed by atoms with Gasteiger partial charge in [-0.05, 0) is 32.0 Å². The topological polar surface area (TPSA) is 142 Å². The molecule has 0 saturated carbocycles. The van der Waals surface area contributed by atoms with Crippen molar-refractivity contribution in [1.82, 2.24) is 14.7 Å². The summed E-state index contributed by atoms with van der Waals surface area (Å²) in [6.45, 7) is 11.0. The highest BCUT2D eigenvalue weighted by Gasteiger charge is 2.37. The predicted octanol–water partition coefficient (Wildman–Crippen LogP) is 3.80. The Morgan fingerprint density at radius 3 is 1.70 bits per heavy atom. The molecule has 50 heavy (non-hydrogen) atoms. The first-order valence-electron chi connectivity index (χ1n) is 17.0. The van der Waals surface area contributed by atoms with E-state index in [1.807, 2.05) is 21.7 Å². The lowest BCUT2D eigenvalue weighted by molar-refractivity contribution is 0.0744. The third-order valence-electron chi connectivity index (χ3n) is 9.86. The van der Waals surface area contributed by atoms with Crippen LogP contribution in [-0.4, -0.2) is 136 Å². The number of fused-ring (bicyclic) bond motifs is 4. The molecule has 3 N–H and O–H groups in total. The number of methoxy groups -OCH3 is 2. The Labute approximate surface area is 293 Å². The van der Waals surface area contributed by atoms with Gasteiger partial charge in [0.05, 0.1) is 74.9 Å². The van der Waals surface area contributed by atoms with Crippen LogP contribution in [0.1, 0.15) is 33.6 Å². The van der Waals surface area contributed by atoms with Gasteiger partial charge in [0.2, 0.25) is 0 Å². The van der Waals surface area contributed by atoms with Crippen LogP contribution in [0.3, 0.4) is 0 Å². The van der Waals surface area contributed by atoms with Gasteiger partial charge in [0, 0.05) is 57.2 Å². The first-order chi connectivity index (χ1) is 24.0. The second-order valence-electron chi connectivity index (χ2n) is 13.6. The van der Waals surface area contributed by atoms with Gasteiger partial charge in [-0.2, -0.15) is 0 Å². The van der Waals surface area contributed by atoms with Crippen molar-refractivity contribution in [3.8, 4) is 23.0 Å². The summed E-state index contributed by atoms with van der Waals surface area (Å²) in [5, 5.41) is 16.3. The van der Waals surface area contributed by atoms with Gasteiger partial charge in [0.15, 0.2) is 23.0 Å². The van der Waals surface area contributed by atoms with Gasteiger partial charge in [-0.1, -0.05) is 24.3 Å². The number of amides is 2. The Hall–Kier alpha value is -4.19. The smallest absolute Gasteiger partial charge is 0.256 e. The molecular weight excluding hydrogens is 661 g/mol. The van der Waals surface area contributed by atoms with E-state index in [4.69, 9.17) is 18.9 Å². The fourth-order valence-electron chi connectivity index (χ4n) is 7.25. The normalized spacial score (nSPS) is 19.9. The SMILES string of the molecule is C=C1C[C@H]2CNc3cc(OCCP(=O)(CCOc4cc5c(cc4OC)C(=O)N4CC(=C)C[C@H]4CN5)CN(C)CCO)c(OC)cc3C(=O)N2C1. The average Bonchev–Trinajstić information content (AvgIpc) is 3.59. The van der Waals surface area contributed by atoms with Crippen LogP contribution in [-0.2, 0) is 4.57 Å². The molecule has 0 unspecified atom stereocenters. The molecule has 2 saturated heterocycles. The maximum Gasteiger partial charge on any atom is 0.256 e. The lowest BCUT2D eigenvalue weighted by atomic mass is 10.1. The third kappa shape index (κ3) is 7.45. The standard InChI is InChI=1S/C36H48N5O8P/c1-23-12-25-18-37-29-16-33(31(46-4)14-27(29)35(43)40(25)20-23)48-8-10-50(45,22-39(3)6-7-42)11-9-49-34-17-30-28(15-32(34)47-5)36(44)41-21-24(2)13-26(41)19-38-30/h14-17,25-26,37-38,42H,1-2,6-13,18-22H2,3-5H3/t25-,26-/m0/s1. The molecule has 0 bridgehead atoms. The lowest BCUT2D eigenvalue weighted by Crippen LogP contribution is -2.36. The number of nitrogens with one attached hydrogen (secondary N) is 2. The van der Waals surface area contributed by atoms with E-state index in [9.17, 15) is 19.3 Å². The summed E-state index contributed by atoms with van der Waals surface area (Å²) in [5.74, 6) is 1.58. The Morgan fingerprint density at radius 1 is 0.820 bits per heavy atom. The number of carbonyl (C=O) groups excluding carboxylic acids is 2. The molecule has 6 rings (SSSR count). The summed E-state index contributed by atoms with van der Waals surface area (Å²) in [5.41, 5.74) is 4.44. The zero-order chi connectivity index (χ0) is 35.6. The average molecular weight is 710 g/mol. The van der Waals surface area contributed by atoms with Crippen molar-refractivity contribution in [1.29, 1.82) is 0 Å². The summed E-state index contributed by atoms with van der Waals surface area (Å²) in [4.78, 5) is 32.3. The summed E-state index contributed by atoms with van der Waals surface area (Å²) in [6.07, 6.45) is 2.29. The van der Waals surface area contributed by atoms with Crippen molar-refractivity contribution in [3.63, 3.8) is 0 Å². The van der Waals surface area contributed by atoms with Crippen LogP contribution in [0.4, 0.5) is 11.4 Å². The summed E-state index contributed by atoms with van der Waals surface area (Å²) < 4.78 is 38.0. The van der Waals surface area contributed by atoms with E-state index < -0.39 is 7.14 Å². The zero-order valence-electron chi connectivity index (χ0n) is 29.2. The Kier molecular flexibility index (Phi) is 10.7. The van der Waals surface area contributed by atoms with Gasteiger partial charge in [0.25, 0.3) is 11.8 Å². The number of likely N-dealkylation sites (N-methyl/N-ethyl adjacent to an activating group) is 1. The summed E-state index contributed by atoms with van der Waals surface area (Å²) in [7, 11) is 1.94. The van der Waals surface area contributed by atoms with Crippen LogP contribution in [0.25, 0.3) is 0 Å². The van der Waals surface area contributed by atoms with E-state index in [1.54, 1.807) is 24.3 Å². The minimum Gasteiger partial charge on any atom is -0.493 e. The molecule has 4 heterocycles. The van der Waals surface area contributed by atoms with E-state index >= 15 is 0 Å². The molecule has 13 nitrogen and oxygen atoms in total. The molecule has 2 aromatic rings. The maximum absolute atomic E-state index is 14.4. The highest BCUT2D eigenvalue weighted by Crippen LogP contribution is 2.47. The monoisotopic (exact) mass is 709 g/mol. The van der Waals surface area contributed by atoms with Crippen molar-refractivity contribution >= 4 is 30.3 Å².